The van der Waals surface area contributed by atoms with Gasteiger partial charge in [-0.25, -0.2) is 4.98 Å². The number of rotatable bonds is 5. The zero-order valence-electron chi connectivity index (χ0n) is 15.1. The van der Waals surface area contributed by atoms with E-state index in [0.717, 1.165) is 40.9 Å². The van der Waals surface area contributed by atoms with Crippen LogP contribution in [0.25, 0.3) is 22.3 Å². The van der Waals surface area contributed by atoms with Crippen molar-refractivity contribution in [2.75, 3.05) is 19.6 Å². The minimum atomic E-state index is -0.311. The van der Waals surface area contributed by atoms with Crippen molar-refractivity contribution >= 4 is 28.5 Å². The molecule has 2 aromatic heterocycles. The summed E-state index contributed by atoms with van der Waals surface area (Å²) in [4.78, 5) is 22.2. The highest BCUT2D eigenvalue weighted by Gasteiger charge is 2.23. The largest absolute Gasteiger partial charge is 0.369 e. The maximum atomic E-state index is 12.2. The molecule has 1 fully saturated rings. The van der Waals surface area contributed by atoms with Crippen molar-refractivity contribution in [3.05, 3.63) is 53.2 Å². The Hall–Kier alpha value is -2.37. The molecule has 1 amide bonds. The van der Waals surface area contributed by atoms with Gasteiger partial charge >= 0.3 is 0 Å². The van der Waals surface area contributed by atoms with Crippen LogP contribution in [0.1, 0.15) is 30.7 Å². The number of nitrogens with one attached hydrogen (secondary N) is 1. The fraction of sp³-hybridized carbons (Fsp3) is 0.333. The fourth-order valence-electron chi connectivity index (χ4n) is 3.83. The number of nitrogens with two attached hydrogens (primary N) is 1. The van der Waals surface area contributed by atoms with Gasteiger partial charge < -0.3 is 15.6 Å². The lowest BCUT2D eigenvalue weighted by Gasteiger charge is -2.29. The van der Waals surface area contributed by atoms with E-state index in [4.69, 9.17) is 17.3 Å². The minimum absolute atomic E-state index is 0.279. The second kappa shape index (κ2) is 7.71. The van der Waals surface area contributed by atoms with Gasteiger partial charge in [-0.15, -0.1) is 0 Å². The van der Waals surface area contributed by atoms with Gasteiger partial charge in [-0.3, -0.25) is 4.79 Å². The molecule has 1 unspecified atom stereocenters. The lowest BCUT2D eigenvalue weighted by molar-refractivity contribution is -0.119. The number of fused-ring (bicyclic) bond motifs is 1. The minimum Gasteiger partial charge on any atom is -0.369 e. The monoisotopic (exact) mass is 382 g/mol. The summed E-state index contributed by atoms with van der Waals surface area (Å²) in [6, 6.07) is 11.8. The molecule has 0 saturated carbocycles. The van der Waals surface area contributed by atoms with Gasteiger partial charge in [-0.2, -0.15) is 0 Å². The highest BCUT2D eigenvalue weighted by atomic mass is 35.5. The molecule has 0 spiro atoms. The van der Waals surface area contributed by atoms with Crippen LogP contribution in [0.15, 0.2) is 42.6 Å². The van der Waals surface area contributed by atoms with E-state index in [2.05, 4.69) is 14.9 Å². The number of aromatic nitrogens is 2. The fourth-order valence-corrected chi connectivity index (χ4v) is 4.03. The molecule has 3 N–H and O–H groups in total. The highest BCUT2D eigenvalue weighted by molar-refractivity contribution is 6.35. The molecule has 1 atom stereocenters. The molecule has 140 valence electrons. The number of likely N-dealkylation sites (tertiary alicyclic amines) is 1. The molecule has 3 heterocycles. The van der Waals surface area contributed by atoms with Crippen LogP contribution in [0.3, 0.4) is 0 Å². The number of pyridine rings is 1. The van der Waals surface area contributed by atoms with Crippen LogP contribution in [0.5, 0.6) is 0 Å². The van der Waals surface area contributed by atoms with Crippen LogP contribution in [-0.4, -0.2) is 40.4 Å². The van der Waals surface area contributed by atoms with E-state index < -0.39 is 0 Å². The number of benzene rings is 1. The van der Waals surface area contributed by atoms with Gasteiger partial charge in [-0.1, -0.05) is 36.2 Å². The number of primary amides is 1. The Morgan fingerprint density at radius 1 is 1.22 bits per heavy atom. The maximum absolute atomic E-state index is 12.2. The molecule has 1 aliphatic heterocycles. The Balaban J connectivity index is 1.65. The van der Waals surface area contributed by atoms with Gasteiger partial charge in [0.25, 0.3) is 0 Å². The third-order valence-electron chi connectivity index (χ3n) is 5.31. The molecule has 1 aliphatic rings. The van der Waals surface area contributed by atoms with Crippen molar-refractivity contribution in [2.45, 2.75) is 25.2 Å². The number of H-pyrrole nitrogens is 1. The van der Waals surface area contributed by atoms with Crippen LogP contribution >= 0.6 is 11.6 Å². The first kappa shape index (κ1) is 18.0. The maximum Gasteiger partial charge on any atom is 0.226 e. The smallest absolute Gasteiger partial charge is 0.226 e. The van der Waals surface area contributed by atoms with Crippen molar-refractivity contribution < 1.29 is 4.79 Å². The van der Waals surface area contributed by atoms with Crippen molar-refractivity contribution in [1.29, 1.82) is 0 Å². The van der Waals surface area contributed by atoms with E-state index in [9.17, 15) is 4.79 Å². The van der Waals surface area contributed by atoms with E-state index in [1.165, 1.54) is 19.3 Å². The first-order valence-corrected chi connectivity index (χ1v) is 9.75. The van der Waals surface area contributed by atoms with Crippen molar-refractivity contribution in [3.8, 4) is 11.3 Å². The molecule has 0 radical (unpaired) electrons. The molecule has 1 aromatic carbocycles. The van der Waals surface area contributed by atoms with Crippen LogP contribution in [-0.2, 0) is 4.79 Å². The average molecular weight is 383 g/mol. The molecule has 0 aliphatic carbocycles. The van der Waals surface area contributed by atoms with Crippen molar-refractivity contribution in [1.82, 2.24) is 14.9 Å². The summed E-state index contributed by atoms with van der Waals surface area (Å²) in [5.41, 5.74) is 9.37. The van der Waals surface area contributed by atoms with Crippen LogP contribution in [0.2, 0.25) is 5.02 Å². The van der Waals surface area contributed by atoms with Crippen LogP contribution in [0.4, 0.5) is 0 Å². The summed E-state index contributed by atoms with van der Waals surface area (Å²) in [7, 11) is 0. The first-order valence-electron chi connectivity index (χ1n) is 9.37. The second-order valence-electron chi connectivity index (χ2n) is 7.18. The molecule has 3 aromatic rings. The number of nitrogens with zero attached hydrogens (tertiary/aromatic N) is 2. The lowest BCUT2D eigenvalue weighted by atomic mass is 9.94. The topological polar surface area (TPSA) is 75.0 Å². The Kier molecular flexibility index (Phi) is 5.14. The average Bonchev–Trinajstić information content (AvgIpc) is 3.13. The number of piperidine rings is 1. The molecule has 1 saturated heterocycles. The number of aromatic amines is 1. The molecule has 5 nitrogen and oxygen atoms in total. The van der Waals surface area contributed by atoms with Crippen molar-refractivity contribution in [3.63, 3.8) is 0 Å². The predicted molar refractivity (Wildman–Crippen MR) is 109 cm³/mol. The van der Waals surface area contributed by atoms with Crippen LogP contribution in [0, 0.1) is 0 Å². The zero-order chi connectivity index (χ0) is 18.8. The lowest BCUT2D eigenvalue weighted by Crippen LogP contribution is -2.37. The Morgan fingerprint density at radius 3 is 2.78 bits per heavy atom. The molecule has 4 rings (SSSR count). The van der Waals surface area contributed by atoms with E-state index in [-0.39, 0.29) is 11.8 Å². The van der Waals surface area contributed by atoms with E-state index in [1.807, 2.05) is 30.3 Å². The number of carbonyl (C=O) groups excluding carboxylic acids is 1. The predicted octanol–water partition coefficient (Wildman–Crippen LogP) is 3.94. The third kappa shape index (κ3) is 3.84. The summed E-state index contributed by atoms with van der Waals surface area (Å²) < 4.78 is 0. The number of hydrogen-bond donors (Lipinski definition) is 2. The first-order chi connectivity index (χ1) is 13.1. The van der Waals surface area contributed by atoms with E-state index in [0.29, 0.717) is 11.6 Å². The second-order valence-corrected chi connectivity index (χ2v) is 7.59. The molecular weight excluding hydrogens is 360 g/mol. The zero-order valence-corrected chi connectivity index (χ0v) is 15.9. The summed E-state index contributed by atoms with van der Waals surface area (Å²) in [6.07, 6.45) is 5.33. The Morgan fingerprint density at radius 2 is 2.04 bits per heavy atom. The van der Waals surface area contributed by atoms with Gasteiger partial charge in [-0.05, 0) is 55.3 Å². The summed E-state index contributed by atoms with van der Waals surface area (Å²) >= 11 is 6.26. The Bertz CT molecular complexity index is 962. The van der Waals surface area contributed by atoms with Gasteiger partial charge in [0.1, 0.15) is 5.65 Å². The molecular formula is C21H23ClN4O. The summed E-state index contributed by atoms with van der Waals surface area (Å²) in [5.74, 6) is -0.590. The normalized spacial score (nSPS) is 16.5. The van der Waals surface area contributed by atoms with E-state index in [1.54, 1.807) is 12.3 Å². The number of amides is 1. The van der Waals surface area contributed by atoms with Crippen molar-refractivity contribution in [2.24, 2.45) is 5.73 Å². The summed E-state index contributed by atoms with van der Waals surface area (Å²) in [5, 5.41) is 1.55. The summed E-state index contributed by atoms with van der Waals surface area (Å²) in [6.45, 7) is 2.75. The molecule has 0 bridgehead atoms. The number of hydrogen-bond acceptors (Lipinski definition) is 3. The molecule has 6 heteroatoms. The highest BCUT2D eigenvalue weighted by Crippen LogP contribution is 2.30. The van der Waals surface area contributed by atoms with Gasteiger partial charge in [0.05, 0.1) is 10.9 Å². The quantitative estimate of drug-likeness (QED) is 0.701. The standard InChI is InChI=1S/C21H23ClN4O/c22-18-7-8-24-21-16(18)12-19(25-21)15-6-4-5-14(11-15)17(20(23)27)13-26-9-2-1-3-10-26/h4-8,11-12,17H,1-3,9-10,13H2,(H2,23,27)(H,24,25). The van der Waals surface area contributed by atoms with Gasteiger partial charge in [0, 0.05) is 23.8 Å². The molecule has 27 heavy (non-hydrogen) atoms. The van der Waals surface area contributed by atoms with Crippen LogP contribution < -0.4 is 5.73 Å². The third-order valence-corrected chi connectivity index (χ3v) is 5.64. The van der Waals surface area contributed by atoms with Gasteiger partial charge in [0.2, 0.25) is 5.91 Å². The number of carbonyl (C=O) groups is 1. The van der Waals surface area contributed by atoms with E-state index >= 15 is 0 Å². The Labute approximate surface area is 163 Å². The van der Waals surface area contributed by atoms with Gasteiger partial charge in [0.15, 0.2) is 0 Å². The SMILES string of the molecule is NC(=O)C(CN1CCCCC1)c1cccc(-c2cc3c(Cl)ccnc3[nH]2)c1. The number of halogens is 1.